The molecule has 1 atom stereocenters. The molecule has 0 aromatic carbocycles. The molecule has 7 heteroatoms. The second-order valence-corrected chi connectivity index (χ2v) is 6.22. The van der Waals surface area contributed by atoms with E-state index in [1.165, 1.54) is 0 Å². The number of halogens is 2. The van der Waals surface area contributed by atoms with Gasteiger partial charge >= 0.3 is 0 Å². The molecule has 0 unspecified atom stereocenters. The number of aromatic nitrogens is 1. The van der Waals surface area contributed by atoms with Crippen molar-refractivity contribution in [1.29, 1.82) is 0 Å². The van der Waals surface area contributed by atoms with Gasteiger partial charge in [-0.3, -0.25) is 9.88 Å². The van der Waals surface area contributed by atoms with Gasteiger partial charge < -0.3 is 15.5 Å². The number of pyridine rings is 1. The minimum absolute atomic E-state index is 0. The summed E-state index contributed by atoms with van der Waals surface area (Å²) in [4.78, 5) is 6.58. The fourth-order valence-corrected chi connectivity index (χ4v) is 3.04. The SMILES string of the molecule is Cc1ncc(CO)c([C@H](CC(C)C)N2CCNCC2)c1O.Cl.Cl. The first-order valence-corrected chi connectivity index (χ1v) is 7.77. The number of piperazine rings is 1. The van der Waals surface area contributed by atoms with E-state index in [0.717, 1.165) is 43.7 Å². The summed E-state index contributed by atoms with van der Waals surface area (Å²) in [5.74, 6) is 0.759. The number of aliphatic hydroxyl groups is 1. The van der Waals surface area contributed by atoms with Crippen LogP contribution in [0.25, 0.3) is 0 Å². The minimum atomic E-state index is -0.0864. The summed E-state index contributed by atoms with van der Waals surface area (Å²) in [6.07, 6.45) is 2.66. The Kier molecular flexibility index (Phi) is 10.0. The molecule has 0 bridgehead atoms. The molecule has 2 heterocycles. The first-order chi connectivity index (χ1) is 10.0. The summed E-state index contributed by atoms with van der Waals surface area (Å²) >= 11 is 0. The monoisotopic (exact) mass is 365 g/mol. The van der Waals surface area contributed by atoms with Gasteiger partial charge in [0.15, 0.2) is 0 Å². The molecule has 5 nitrogen and oxygen atoms in total. The lowest BCUT2D eigenvalue weighted by molar-refractivity contribution is 0.148. The van der Waals surface area contributed by atoms with Crippen molar-refractivity contribution < 1.29 is 10.2 Å². The normalized spacial score (nSPS) is 16.6. The zero-order chi connectivity index (χ0) is 15.4. The van der Waals surface area contributed by atoms with E-state index in [2.05, 4.69) is 29.0 Å². The van der Waals surface area contributed by atoms with Crippen molar-refractivity contribution in [3.05, 3.63) is 23.0 Å². The third-order valence-electron chi connectivity index (χ3n) is 4.15. The van der Waals surface area contributed by atoms with Crippen LogP contribution in [0.3, 0.4) is 0 Å². The first-order valence-electron chi connectivity index (χ1n) is 7.77. The number of hydrogen-bond acceptors (Lipinski definition) is 5. The number of aromatic hydroxyl groups is 1. The van der Waals surface area contributed by atoms with Gasteiger partial charge in [-0.15, -0.1) is 24.8 Å². The molecule has 1 aliphatic rings. The molecule has 2 rings (SSSR count). The van der Waals surface area contributed by atoms with E-state index in [9.17, 15) is 10.2 Å². The van der Waals surface area contributed by atoms with Gasteiger partial charge in [0, 0.05) is 49.5 Å². The number of nitrogens with zero attached hydrogens (tertiary/aromatic N) is 2. The topological polar surface area (TPSA) is 68.6 Å². The summed E-state index contributed by atoms with van der Waals surface area (Å²) in [6.45, 7) is 9.97. The van der Waals surface area contributed by atoms with Crippen molar-refractivity contribution in [3.63, 3.8) is 0 Å². The highest BCUT2D eigenvalue weighted by atomic mass is 35.5. The molecule has 134 valence electrons. The van der Waals surface area contributed by atoms with Crippen molar-refractivity contribution in [2.75, 3.05) is 26.2 Å². The van der Waals surface area contributed by atoms with E-state index >= 15 is 0 Å². The van der Waals surface area contributed by atoms with Gasteiger partial charge in [-0.25, -0.2) is 0 Å². The fourth-order valence-electron chi connectivity index (χ4n) is 3.04. The standard InChI is InChI=1S/C16H27N3O2.2ClH/c1-11(2)8-14(19-6-4-17-5-7-19)15-13(10-20)9-18-12(3)16(15)21;;/h9,11,14,17,20-21H,4-8,10H2,1-3H3;2*1H/t14-;;/m0../s1. The Morgan fingerprint density at radius 1 is 1.26 bits per heavy atom. The van der Waals surface area contributed by atoms with Crippen molar-refractivity contribution in [2.24, 2.45) is 5.92 Å². The molecule has 1 fully saturated rings. The molecule has 1 saturated heterocycles. The maximum Gasteiger partial charge on any atom is 0.141 e. The number of aliphatic hydroxyl groups excluding tert-OH is 1. The third-order valence-corrected chi connectivity index (χ3v) is 4.15. The highest BCUT2D eigenvalue weighted by Gasteiger charge is 2.28. The summed E-state index contributed by atoms with van der Waals surface area (Å²) in [5.41, 5.74) is 2.23. The van der Waals surface area contributed by atoms with Crippen LogP contribution in [0.5, 0.6) is 5.75 Å². The second kappa shape index (κ2) is 10.3. The smallest absolute Gasteiger partial charge is 0.141 e. The molecule has 1 aliphatic heterocycles. The average molecular weight is 366 g/mol. The molecule has 1 aromatic rings. The Morgan fingerprint density at radius 3 is 2.39 bits per heavy atom. The summed E-state index contributed by atoms with van der Waals surface area (Å²) < 4.78 is 0. The fraction of sp³-hybridized carbons (Fsp3) is 0.688. The Morgan fingerprint density at radius 2 is 1.87 bits per heavy atom. The molecule has 1 aromatic heterocycles. The molecular weight excluding hydrogens is 337 g/mol. The van der Waals surface area contributed by atoms with E-state index in [1.54, 1.807) is 6.20 Å². The van der Waals surface area contributed by atoms with E-state index in [-0.39, 0.29) is 43.2 Å². The first kappa shape index (κ1) is 22.4. The highest BCUT2D eigenvalue weighted by molar-refractivity contribution is 5.85. The lowest BCUT2D eigenvalue weighted by Gasteiger charge is -2.37. The average Bonchev–Trinajstić information content (AvgIpc) is 2.48. The summed E-state index contributed by atoms with van der Waals surface area (Å²) in [7, 11) is 0. The van der Waals surface area contributed by atoms with E-state index in [4.69, 9.17) is 0 Å². The van der Waals surface area contributed by atoms with Crippen LogP contribution in [0.15, 0.2) is 6.20 Å². The molecular formula is C16H29Cl2N3O2. The van der Waals surface area contributed by atoms with Gasteiger partial charge in [0.25, 0.3) is 0 Å². The maximum atomic E-state index is 10.5. The summed E-state index contributed by atoms with van der Waals surface area (Å²) in [6, 6.07) is 0.135. The van der Waals surface area contributed by atoms with Crippen LogP contribution in [0.4, 0.5) is 0 Å². The Balaban J connectivity index is 0.00000242. The molecule has 23 heavy (non-hydrogen) atoms. The van der Waals surface area contributed by atoms with E-state index in [1.807, 2.05) is 6.92 Å². The van der Waals surface area contributed by atoms with Crippen molar-refractivity contribution in [1.82, 2.24) is 15.2 Å². The van der Waals surface area contributed by atoms with Crippen LogP contribution in [0, 0.1) is 12.8 Å². The number of rotatable bonds is 5. The zero-order valence-corrected chi connectivity index (χ0v) is 15.7. The second-order valence-electron chi connectivity index (χ2n) is 6.22. The predicted molar refractivity (Wildman–Crippen MR) is 97.7 cm³/mol. The van der Waals surface area contributed by atoms with Gasteiger partial charge in [0.05, 0.1) is 12.3 Å². The van der Waals surface area contributed by atoms with Crippen LogP contribution in [-0.4, -0.2) is 46.3 Å². The van der Waals surface area contributed by atoms with Gasteiger partial charge in [0.2, 0.25) is 0 Å². The minimum Gasteiger partial charge on any atom is -0.506 e. The van der Waals surface area contributed by atoms with Crippen LogP contribution in [0.2, 0.25) is 0 Å². The maximum absolute atomic E-state index is 10.5. The van der Waals surface area contributed by atoms with Crippen molar-refractivity contribution in [3.8, 4) is 5.75 Å². The van der Waals surface area contributed by atoms with Gasteiger partial charge in [0.1, 0.15) is 5.75 Å². The molecule has 0 aliphatic carbocycles. The Labute approximate surface area is 151 Å². The quantitative estimate of drug-likeness (QED) is 0.747. The third kappa shape index (κ3) is 5.47. The molecule has 0 radical (unpaired) electrons. The van der Waals surface area contributed by atoms with E-state index in [0.29, 0.717) is 11.6 Å². The zero-order valence-electron chi connectivity index (χ0n) is 14.1. The molecule has 0 spiro atoms. The lowest BCUT2D eigenvalue weighted by atomic mass is 9.91. The molecule has 0 saturated carbocycles. The van der Waals surface area contributed by atoms with E-state index < -0.39 is 0 Å². The largest absolute Gasteiger partial charge is 0.506 e. The predicted octanol–water partition coefficient (Wildman–Crippen LogP) is 2.42. The van der Waals surface area contributed by atoms with Gasteiger partial charge in [-0.05, 0) is 19.3 Å². The van der Waals surface area contributed by atoms with Crippen LogP contribution < -0.4 is 5.32 Å². The number of nitrogens with one attached hydrogen (secondary N) is 1. The van der Waals surface area contributed by atoms with Gasteiger partial charge in [-0.1, -0.05) is 13.8 Å². The van der Waals surface area contributed by atoms with Crippen LogP contribution in [0.1, 0.15) is 43.1 Å². The summed E-state index contributed by atoms with van der Waals surface area (Å²) in [5, 5.41) is 23.5. The molecule has 0 amide bonds. The number of aryl methyl sites for hydroxylation is 1. The van der Waals surface area contributed by atoms with Crippen molar-refractivity contribution in [2.45, 2.75) is 39.8 Å². The molecule has 3 N–H and O–H groups in total. The lowest BCUT2D eigenvalue weighted by Crippen LogP contribution is -2.45. The number of hydrogen-bond donors (Lipinski definition) is 3. The van der Waals surface area contributed by atoms with Crippen molar-refractivity contribution >= 4 is 24.8 Å². The Hall–Kier alpha value is -0.590. The van der Waals surface area contributed by atoms with Crippen LogP contribution >= 0.6 is 24.8 Å². The Bertz CT molecular complexity index is 481. The van der Waals surface area contributed by atoms with Crippen LogP contribution in [-0.2, 0) is 6.61 Å². The van der Waals surface area contributed by atoms with Gasteiger partial charge in [-0.2, -0.15) is 0 Å². The highest BCUT2D eigenvalue weighted by Crippen LogP contribution is 2.37.